The first kappa shape index (κ1) is 18.7. The molecule has 0 aromatic rings. The number of carbonyl (C=O) groups is 1. The monoisotopic (exact) mass is 346 g/mol. The molecule has 1 aliphatic carbocycles. The third-order valence-corrected chi connectivity index (χ3v) is 5.75. The van der Waals surface area contributed by atoms with Crippen molar-refractivity contribution < 1.29 is 17.9 Å². The first-order valence-electron chi connectivity index (χ1n) is 8.62. The summed E-state index contributed by atoms with van der Waals surface area (Å²) < 4.78 is 32.0. The highest BCUT2D eigenvalue weighted by Gasteiger charge is 2.35. The average molecular weight is 346 g/mol. The van der Waals surface area contributed by atoms with Crippen LogP contribution in [0.1, 0.15) is 52.4 Å². The quantitative estimate of drug-likeness (QED) is 0.819. The number of carbonyl (C=O) groups excluding carboxylic acids is 1. The molecule has 0 aromatic carbocycles. The van der Waals surface area contributed by atoms with Crippen molar-refractivity contribution in [3.05, 3.63) is 0 Å². The zero-order chi connectivity index (χ0) is 17.0. The second-order valence-corrected chi connectivity index (χ2v) is 8.91. The summed E-state index contributed by atoms with van der Waals surface area (Å²) in [5.74, 6) is 0.744. The number of ether oxygens (including phenoxy) is 1. The minimum atomic E-state index is -3.30. The highest BCUT2D eigenvalue weighted by Crippen LogP contribution is 2.27. The molecule has 0 aromatic heterocycles. The summed E-state index contributed by atoms with van der Waals surface area (Å²) >= 11 is 0. The highest BCUT2D eigenvalue weighted by atomic mass is 32.2. The molecular formula is C16H30N2O4S. The molecule has 1 N–H and O–H groups in total. The van der Waals surface area contributed by atoms with Crippen LogP contribution in [0.4, 0.5) is 0 Å². The molecule has 6 nitrogen and oxygen atoms in total. The van der Waals surface area contributed by atoms with Gasteiger partial charge in [0.15, 0.2) is 0 Å². The van der Waals surface area contributed by atoms with E-state index in [0.717, 1.165) is 31.6 Å². The van der Waals surface area contributed by atoms with Gasteiger partial charge in [-0.05, 0) is 44.4 Å². The number of likely N-dealkylation sites (tertiary alicyclic amines) is 1. The number of nitrogens with one attached hydrogen (secondary N) is 1. The van der Waals surface area contributed by atoms with E-state index in [1.165, 1.54) is 26.0 Å². The Kier molecular flexibility index (Phi) is 6.45. The fourth-order valence-electron chi connectivity index (χ4n) is 3.70. The highest BCUT2D eigenvalue weighted by molar-refractivity contribution is 7.88. The molecule has 0 unspecified atom stereocenters. The van der Waals surface area contributed by atoms with Crippen LogP contribution in [-0.4, -0.2) is 56.8 Å². The molecule has 1 amide bonds. The number of hydrogen-bond donors (Lipinski definition) is 1. The molecule has 0 spiro atoms. The van der Waals surface area contributed by atoms with Gasteiger partial charge in [0.2, 0.25) is 15.9 Å². The Hall–Kier alpha value is -0.660. The predicted molar refractivity (Wildman–Crippen MR) is 89.5 cm³/mol. The molecule has 2 rings (SSSR count). The van der Waals surface area contributed by atoms with Crippen molar-refractivity contribution in [2.24, 2.45) is 5.92 Å². The second-order valence-electron chi connectivity index (χ2n) is 7.13. The van der Waals surface area contributed by atoms with Crippen LogP contribution in [0.5, 0.6) is 0 Å². The number of hydrogen-bond acceptors (Lipinski definition) is 4. The van der Waals surface area contributed by atoms with Crippen molar-refractivity contribution in [3.63, 3.8) is 0 Å². The van der Waals surface area contributed by atoms with Crippen molar-refractivity contribution >= 4 is 15.9 Å². The Morgan fingerprint density at radius 3 is 2.43 bits per heavy atom. The summed E-state index contributed by atoms with van der Waals surface area (Å²) in [6.45, 7) is 4.89. The van der Waals surface area contributed by atoms with Crippen LogP contribution in [0, 0.1) is 5.92 Å². The largest absolute Gasteiger partial charge is 0.376 e. The average Bonchev–Trinajstić information content (AvgIpc) is 2.45. The lowest BCUT2D eigenvalue weighted by Gasteiger charge is -2.41. The van der Waals surface area contributed by atoms with E-state index in [1.54, 1.807) is 4.90 Å². The molecule has 1 saturated carbocycles. The van der Waals surface area contributed by atoms with E-state index >= 15 is 0 Å². The molecule has 7 heteroatoms. The molecule has 0 radical (unpaired) electrons. The summed E-state index contributed by atoms with van der Waals surface area (Å²) in [5, 5.41) is 0. The summed E-state index contributed by atoms with van der Waals surface area (Å²) in [6.07, 6.45) is 7.42. The minimum Gasteiger partial charge on any atom is -0.376 e. The predicted octanol–water partition coefficient (Wildman–Crippen LogP) is 1.51. The van der Waals surface area contributed by atoms with E-state index in [0.29, 0.717) is 13.2 Å². The SMILES string of the molecule is CC(=O)N1CCC[C@H](NS(C)(=O)=O)[C@@H]1CO[C@H]1CC[C@@H](C)CC1. The lowest BCUT2D eigenvalue weighted by atomic mass is 9.89. The van der Waals surface area contributed by atoms with Crippen molar-refractivity contribution in [1.82, 2.24) is 9.62 Å². The third kappa shape index (κ3) is 5.72. The zero-order valence-electron chi connectivity index (χ0n) is 14.5. The molecule has 1 aliphatic heterocycles. The maximum Gasteiger partial charge on any atom is 0.219 e. The van der Waals surface area contributed by atoms with Crippen molar-refractivity contribution in [2.45, 2.75) is 70.6 Å². The fourth-order valence-corrected chi connectivity index (χ4v) is 4.52. The van der Waals surface area contributed by atoms with Crippen LogP contribution in [0.2, 0.25) is 0 Å². The van der Waals surface area contributed by atoms with Gasteiger partial charge in [-0.3, -0.25) is 4.79 Å². The molecule has 2 fully saturated rings. The Balaban J connectivity index is 1.99. The first-order chi connectivity index (χ1) is 10.8. The van der Waals surface area contributed by atoms with Gasteiger partial charge >= 0.3 is 0 Å². The number of sulfonamides is 1. The van der Waals surface area contributed by atoms with Crippen LogP contribution in [0.25, 0.3) is 0 Å². The van der Waals surface area contributed by atoms with Crippen molar-refractivity contribution in [1.29, 1.82) is 0 Å². The molecular weight excluding hydrogens is 316 g/mol. The van der Waals surface area contributed by atoms with Crippen molar-refractivity contribution in [2.75, 3.05) is 19.4 Å². The van der Waals surface area contributed by atoms with Gasteiger partial charge in [0, 0.05) is 19.5 Å². The first-order valence-corrected chi connectivity index (χ1v) is 10.5. The van der Waals surface area contributed by atoms with E-state index < -0.39 is 10.0 Å². The van der Waals surface area contributed by atoms with Gasteiger partial charge in [-0.15, -0.1) is 0 Å². The molecule has 0 bridgehead atoms. The standard InChI is InChI=1S/C16H30N2O4S/c1-12-6-8-14(9-7-12)22-11-16-15(17-23(3,20)21)5-4-10-18(16)13(2)19/h12,14-17H,4-11H2,1-3H3/t12-,14+,15-,16-/m0/s1. The fraction of sp³-hybridized carbons (Fsp3) is 0.938. The van der Waals surface area contributed by atoms with E-state index in [2.05, 4.69) is 11.6 Å². The van der Waals surface area contributed by atoms with E-state index in [4.69, 9.17) is 4.74 Å². The molecule has 2 atom stereocenters. The molecule has 1 heterocycles. The normalized spacial score (nSPS) is 32.7. The Labute approximate surface area is 140 Å². The van der Waals surface area contributed by atoms with Gasteiger partial charge in [0.25, 0.3) is 0 Å². The number of nitrogens with zero attached hydrogens (tertiary/aromatic N) is 1. The summed E-state index contributed by atoms with van der Waals surface area (Å²) in [5.41, 5.74) is 0. The minimum absolute atomic E-state index is 0.0177. The lowest BCUT2D eigenvalue weighted by molar-refractivity contribution is -0.136. The van der Waals surface area contributed by atoms with E-state index in [9.17, 15) is 13.2 Å². The van der Waals surface area contributed by atoms with Gasteiger partial charge in [0.1, 0.15) is 0 Å². The Morgan fingerprint density at radius 1 is 1.22 bits per heavy atom. The zero-order valence-corrected chi connectivity index (χ0v) is 15.3. The van der Waals surface area contributed by atoms with Gasteiger partial charge in [0.05, 0.1) is 25.0 Å². The molecule has 134 valence electrons. The van der Waals surface area contributed by atoms with Crippen LogP contribution in [0.3, 0.4) is 0 Å². The molecule has 1 saturated heterocycles. The van der Waals surface area contributed by atoms with Crippen LogP contribution < -0.4 is 4.72 Å². The van der Waals surface area contributed by atoms with E-state index in [-0.39, 0.29) is 24.1 Å². The number of rotatable bonds is 5. The van der Waals surface area contributed by atoms with Gasteiger partial charge < -0.3 is 9.64 Å². The Bertz CT molecular complexity index is 500. The van der Waals surface area contributed by atoms with E-state index in [1.807, 2.05) is 0 Å². The second kappa shape index (κ2) is 7.94. The summed E-state index contributed by atoms with van der Waals surface area (Å²) in [4.78, 5) is 13.7. The third-order valence-electron chi connectivity index (χ3n) is 5.01. The van der Waals surface area contributed by atoms with Gasteiger partial charge in [-0.1, -0.05) is 6.92 Å². The number of piperidine rings is 1. The maximum atomic E-state index is 11.9. The Morgan fingerprint density at radius 2 is 1.87 bits per heavy atom. The topological polar surface area (TPSA) is 75.7 Å². The maximum absolute atomic E-state index is 11.9. The summed E-state index contributed by atoms with van der Waals surface area (Å²) in [7, 11) is -3.30. The molecule has 2 aliphatic rings. The van der Waals surface area contributed by atoms with Gasteiger partial charge in [-0.25, -0.2) is 13.1 Å². The van der Waals surface area contributed by atoms with Gasteiger partial charge in [-0.2, -0.15) is 0 Å². The molecule has 23 heavy (non-hydrogen) atoms. The van der Waals surface area contributed by atoms with Crippen LogP contribution in [-0.2, 0) is 19.6 Å². The van der Waals surface area contributed by atoms with Crippen molar-refractivity contribution in [3.8, 4) is 0 Å². The summed E-state index contributed by atoms with van der Waals surface area (Å²) in [6, 6.07) is -0.472. The smallest absolute Gasteiger partial charge is 0.219 e. The number of amides is 1. The van der Waals surface area contributed by atoms with Crippen LogP contribution in [0.15, 0.2) is 0 Å². The van der Waals surface area contributed by atoms with Crippen LogP contribution >= 0.6 is 0 Å². The lowest BCUT2D eigenvalue weighted by Crippen LogP contribution is -2.58.